The molecule has 3 heterocycles. The third-order valence-corrected chi connectivity index (χ3v) is 5.40. The largest absolute Gasteiger partial charge is 0.497 e. The zero-order valence-corrected chi connectivity index (χ0v) is 15.3. The van der Waals surface area contributed by atoms with E-state index in [0.717, 1.165) is 0 Å². The first-order valence-corrected chi connectivity index (χ1v) is 8.77. The van der Waals surface area contributed by atoms with E-state index >= 15 is 0 Å². The van der Waals surface area contributed by atoms with Crippen molar-refractivity contribution in [2.45, 2.75) is 11.7 Å². The van der Waals surface area contributed by atoms with E-state index in [9.17, 15) is 9.90 Å². The molecule has 0 spiro atoms. The van der Waals surface area contributed by atoms with Crippen LogP contribution >= 0.6 is 0 Å². The van der Waals surface area contributed by atoms with Gasteiger partial charge in [0.15, 0.2) is 18.1 Å². The first-order chi connectivity index (χ1) is 13.5. The van der Waals surface area contributed by atoms with Gasteiger partial charge in [-0.15, -0.1) is 0 Å². The van der Waals surface area contributed by atoms with Gasteiger partial charge in [-0.1, -0.05) is 6.07 Å². The molecule has 8 heteroatoms. The number of cyclic esters (lactones) is 1. The Labute approximate surface area is 160 Å². The molecule has 3 atom stereocenters. The van der Waals surface area contributed by atoms with Crippen molar-refractivity contribution in [3.8, 4) is 28.7 Å². The third-order valence-electron chi connectivity index (χ3n) is 5.40. The van der Waals surface area contributed by atoms with Crippen LogP contribution in [-0.4, -0.2) is 44.5 Å². The molecule has 28 heavy (non-hydrogen) atoms. The molecule has 1 N–H and O–H groups in total. The molecule has 146 valence electrons. The highest BCUT2D eigenvalue weighted by molar-refractivity contribution is 5.80. The van der Waals surface area contributed by atoms with Crippen molar-refractivity contribution in [1.82, 2.24) is 0 Å². The van der Waals surface area contributed by atoms with Crippen LogP contribution in [0.5, 0.6) is 28.7 Å². The molecule has 2 aromatic rings. The predicted octanol–water partition coefficient (Wildman–Crippen LogP) is 1.82. The Balaban J connectivity index is 1.74. The van der Waals surface area contributed by atoms with E-state index in [1.54, 1.807) is 31.4 Å². The van der Waals surface area contributed by atoms with Gasteiger partial charge in [-0.3, -0.25) is 4.79 Å². The molecular weight excluding hydrogens is 368 g/mol. The number of esters is 1. The third kappa shape index (κ3) is 2.31. The average molecular weight is 386 g/mol. The lowest BCUT2D eigenvalue weighted by atomic mass is 9.74. The van der Waals surface area contributed by atoms with Gasteiger partial charge in [0.25, 0.3) is 5.79 Å². The minimum absolute atomic E-state index is 0.102. The van der Waals surface area contributed by atoms with Crippen molar-refractivity contribution in [3.63, 3.8) is 0 Å². The summed E-state index contributed by atoms with van der Waals surface area (Å²) in [6, 6.07) is 8.76. The van der Waals surface area contributed by atoms with Gasteiger partial charge < -0.3 is 33.5 Å². The summed E-state index contributed by atoms with van der Waals surface area (Å²) < 4.78 is 32.7. The molecule has 1 fully saturated rings. The highest BCUT2D eigenvalue weighted by atomic mass is 16.7. The van der Waals surface area contributed by atoms with Crippen molar-refractivity contribution in [2.24, 2.45) is 5.92 Å². The summed E-state index contributed by atoms with van der Waals surface area (Å²) in [4.78, 5) is 12.6. The van der Waals surface area contributed by atoms with E-state index in [0.29, 0.717) is 39.9 Å². The minimum Gasteiger partial charge on any atom is -0.497 e. The van der Waals surface area contributed by atoms with Crippen LogP contribution in [0.1, 0.15) is 17.0 Å². The smallest absolute Gasteiger partial charge is 0.317 e. The summed E-state index contributed by atoms with van der Waals surface area (Å²) in [5.74, 6) is -1.23. The summed E-state index contributed by atoms with van der Waals surface area (Å²) in [5.41, 5.74) is 1.38. The standard InChI is InChI=1S/C20H18O8/c1-23-10-3-4-11(13(5-10)24-2)17-12-6-15-16(27-9-26-15)7-14(12)28-20(22)8-25-19(21)18(17)20/h3-7,17-18,22H,8-9H2,1-2H3/t17-,18+,20?/m0/s1. The lowest BCUT2D eigenvalue weighted by Crippen LogP contribution is -2.50. The number of rotatable bonds is 3. The summed E-state index contributed by atoms with van der Waals surface area (Å²) in [6.45, 7) is -0.149. The number of carbonyl (C=O) groups excluding carboxylic acids is 1. The topological polar surface area (TPSA) is 92.7 Å². The maximum atomic E-state index is 12.6. The second kappa shape index (κ2) is 5.93. The van der Waals surface area contributed by atoms with Crippen LogP contribution in [0.4, 0.5) is 0 Å². The van der Waals surface area contributed by atoms with E-state index in [1.165, 1.54) is 7.11 Å². The number of benzene rings is 2. The van der Waals surface area contributed by atoms with Crippen molar-refractivity contribution in [3.05, 3.63) is 41.5 Å². The molecule has 1 unspecified atom stereocenters. The van der Waals surface area contributed by atoms with Gasteiger partial charge in [-0.2, -0.15) is 0 Å². The Kier molecular flexibility index (Phi) is 3.60. The molecule has 0 aromatic heterocycles. The maximum absolute atomic E-state index is 12.6. The summed E-state index contributed by atoms with van der Waals surface area (Å²) >= 11 is 0. The molecular formula is C20H18O8. The normalized spacial score (nSPS) is 26.8. The van der Waals surface area contributed by atoms with Crippen molar-refractivity contribution < 1.29 is 38.3 Å². The van der Waals surface area contributed by atoms with Gasteiger partial charge >= 0.3 is 5.97 Å². The highest BCUT2D eigenvalue weighted by Crippen LogP contribution is 2.55. The molecule has 0 aliphatic carbocycles. The SMILES string of the molecule is COc1ccc([C@H]2c3cc4c(cc3OC3(O)COC(=O)[C@@H]23)OCO4)c(OC)c1. The van der Waals surface area contributed by atoms with Crippen LogP contribution in [-0.2, 0) is 9.53 Å². The number of fused-ring (bicyclic) bond motifs is 3. The molecule has 0 bridgehead atoms. The molecule has 0 radical (unpaired) electrons. The first-order valence-electron chi connectivity index (χ1n) is 8.77. The van der Waals surface area contributed by atoms with Crippen molar-refractivity contribution in [1.29, 1.82) is 0 Å². The molecule has 2 aromatic carbocycles. The molecule has 1 saturated heterocycles. The van der Waals surface area contributed by atoms with Gasteiger partial charge in [0, 0.05) is 29.2 Å². The average Bonchev–Trinajstić information content (AvgIpc) is 3.27. The Bertz CT molecular complexity index is 971. The number of aliphatic hydroxyl groups is 1. The van der Waals surface area contributed by atoms with Crippen LogP contribution in [0, 0.1) is 5.92 Å². The zero-order valence-electron chi connectivity index (χ0n) is 15.3. The number of carbonyl (C=O) groups is 1. The van der Waals surface area contributed by atoms with E-state index in [1.807, 2.05) is 6.07 Å². The molecule has 0 saturated carbocycles. The van der Waals surface area contributed by atoms with E-state index in [2.05, 4.69) is 0 Å². The number of ether oxygens (including phenoxy) is 6. The molecule has 5 rings (SSSR count). The van der Waals surface area contributed by atoms with Crippen LogP contribution in [0.15, 0.2) is 30.3 Å². The van der Waals surface area contributed by atoms with Crippen LogP contribution < -0.4 is 23.7 Å². The summed E-state index contributed by atoms with van der Waals surface area (Å²) in [6.07, 6.45) is 0. The highest BCUT2D eigenvalue weighted by Gasteiger charge is 2.60. The van der Waals surface area contributed by atoms with Gasteiger partial charge in [0.2, 0.25) is 6.79 Å². The number of hydrogen-bond donors (Lipinski definition) is 1. The summed E-state index contributed by atoms with van der Waals surface area (Å²) in [5, 5.41) is 11.1. The fourth-order valence-corrected chi connectivity index (χ4v) is 4.09. The van der Waals surface area contributed by atoms with Crippen LogP contribution in [0.2, 0.25) is 0 Å². The monoisotopic (exact) mass is 386 g/mol. The summed E-state index contributed by atoms with van der Waals surface area (Å²) in [7, 11) is 3.10. The first kappa shape index (κ1) is 17.0. The zero-order chi connectivity index (χ0) is 19.5. The predicted molar refractivity (Wildman–Crippen MR) is 94.0 cm³/mol. The lowest BCUT2D eigenvalue weighted by Gasteiger charge is -2.39. The lowest BCUT2D eigenvalue weighted by molar-refractivity contribution is -0.173. The number of hydrogen-bond acceptors (Lipinski definition) is 8. The van der Waals surface area contributed by atoms with Crippen molar-refractivity contribution >= 4 is 5.97 Å². The van der Waals surface area contributed by atoms with E-state index in [-0.39, 0.29) is 13.4 Å². The second-order valence-corrected chi connectivity index (χ2v) is 6.86. The van der Waals surface area contributed by atoms with Gasteiger partial charge in [0.1, 0.15) is 23.2 Å². The van der Waals surface area contributed by atoms with Crippen LogP contribution in [0.25, 0.3) is 0 Å². The Morgan fingerprint density at radius 1 is 1.00 bits per heavy atom. The van der Waals surface area contributed by atoms with E-state index < -0.39 is 23.6 Å². The Morgan fingerprint density at radius 3 is 2.54 bits per heavy atom. The fraction of sp³-hybridized carbons (Fsp3) is 0.350. The molecule has 3 aliphatic heterocycles. The van der Waals surface area contributed by atoms with E-state index in [4.69, 9.17) is 28.4 Å². The van der Waals surface area contributed by atoms with Crippen LogP contribution in [0.3, 0.4) is 0 Å². The minimum atomic E-state index is -1.78. The number of methoxy groups -OCH3 is 2. The van der Waals surface area contributed by atoms with Gasteiger partial charge in [-0.05, 0) is 12.1 Å². The maximum Gasteiger partial charge on any atom is 0.317 e. The molecule has 0 amide bonds. The van der Waals surface area contributed by atoms with Crippen molar-refractivity contribution in [2.75, 3.05) is 27.6 Å². The molecule has 3 aliphatic rings. The Morgan fingerprint density at radius 2 is 1.79 bits per heavy atom. The second-order valence-electron chi connectivity index (χ2n) is 6.86. The van der Waals surface area contributed by atoms with Gasteiger partial charge in [0.05, 0.1) is 14.2 Å². The quantitative estimate of drug-likeness (QED) is 0.799. The Hall–Kier alpha value is -3.13. The molecule has 8 nitrogen and oxygen atoms in total. The fourth-order valence-electron chi connectivity index (χ4n) is 4.09. The van der Waals surface area contributed by atoms with Gasteiger partial charge in [-0.25, -0.2) is 0 Å².